The first-order valence-electron chi connectivity index (χ1n) is 8.11. The second-order valence-electron chi connectivity index (χ2n) is 6.19. The molecule has 0 radical (unpaired) electrons. The molecule has 27 heavy (non-hydrogen) atoms. The minimum absolute atomic E-state index is 0.00803. The van der Waals surface area contributed by atoms with Crippen molar-refractivity contribution < 1.29 is 17.6 Å². The third-order valence-corrected chi connectivity index (χ3v) is 5.58. The van der Waals surface area contributed by atoms with E-state index in [0.717, 1.165) is 10.8 Å². The van der Waals surface area contributed by atoms with Gasteiger partial charge in [-0.15, -0.1) is 0 Å². The third kappa shape index (κ3) is 4.57. The Kier molecular flexibility index (Phi) is 6.43. The van der Waals surface area contributed by atoms with Crippen LogP contribution in [0.15, 0.2) is 27.5 Å². The number of hydrogen-bond donors (Lipinski definition) is 1. The average Bonchev–Trinajstić information content (AvgIpc) is 3.03. The second-order valence-corrected chi connectivity index (χ2v) is 8.31. The molecule has 10 heteroatoms. The van der Waals surface area contributed by atoms with Crippen molar-refractivity contribution >= 4 is 15.9 Å². The molecule has 0 atom stereocenters. The van der Waals surface area contributed by atoms with Crippen LogP contribution in [0.25, 0.3) is 11.5 Å². The highest BCUT2D eigenvalue weighted by molar-refractivity contribution is 7.89. The first kappa shape index (κ1) is 20.7. The van der Waals surface area contributed by atoms with Gasteiger partial charge in [0.05, 0.1) is 7.11 Å². The summed E-state index contributed by atoms with van der Waals surface area (Å²) in [4.78, 5) is 6.14. The van der Waals surface area contributed by atoms with E-state index in [1.165, 1.54) is 33.3 Å². The number of oxazole rings is 1. The molecule has 1 heterocycles. The molecule has 0 aliphatic rings. The Labute approximate surface area is 159 Å². The molecular formula is C17H23N5O4S. The molecule has 0 bridgehead atoms. The highest BCUT2D eigenvalue weighted by atomic mass is 32.2. The number of ether oxygens (including phenoxy) is 1. The number of hydrogen-bond acceptors (Lipinski definition) is 8. The summed E-state index contributed by atoms with van der Waals surface area (Å²) in [5.41, 5.74) is 0.532. The molecule has 146 valence electrons. The van der Waals surface area contributed by atoms with E-state index in [1.807, 2.05) is 25.1 Å². The topological polar surface area (TPSA) is 112 Å². The SMILES string of the molecule is COc1ccc(-c2nc(C#N)c(NCCN(C)C)o2)cc1S(=O)(=O)N(C)C. The fourth-order valence-corrected chi connectivity index (χ4v) is 3.32. The lowest BCUT2D eigenvalue weighted by molar-refractivity contribution is 0.400. The number of rotatable bonds is 8. The zero-order valence-corrected chi connectivity index (χ0v) is 16.8. The Balaban J connectivity index is 2.44. The number of aromatic nitrogens is 1. The number of nitriles is 1. The summed E-state index contributed by atoms with van der Waals surface area (Å²) < 4.78 is 37.0. The van der Waals surface area contributed by atoms with E-state index in [1.54, 1.807) is 6.07 Å². The number of anilines is 1. The number of nitrogens with zero attached hydrogens (tertiary/aromatic N) is 4. The minimum Gasteiger partial charge on any atom is -0.495 e. The Morgan fingerprint density at radius 3 is 2.56 bits per heavy atom. The Morgan fingerprint density at radius 1 is 1.30 bits per heavy atom. The van der Waals surface area contributed by atoms with Crippen LogP contribution < -0.4 is 10.1 Å². The zero-order valence-electron chi connectivity index (χ0n) is 16.0. The average molecular weight is 393 g/mol. The molecule has 0 saturated heterocycles. The molecule has 0 aliphatic heterocycles. The monoisotopic (exact) mass is 393 g/mol. The van der Waals surface area contributed by atoms with E-state index in [0.29, 0.717) is 12.1 Å². The fraction of sp³-hybridized carbons (Fsp3) is 0.412. The van der Waals surface area contributed by atoms with E-state index in [4.69, 9.17) is 9.15 Å². The van der Waals surface area contributed by atoms with Crippen molar-refractivity contribution in [2.24, 2.45) is 0 Å². The standard InChI is InChI=1S/C17H23N5O4S/c1-21(2)9-8-19-17-13(11-18)20-16(26-17)12-6-7-14(25-5)15(10-12)27(23,24)22(3)4/h6-7,10,19H,8-9H2,1-5H3. The van der Waals surface area contributed by atoms with Crippen LogP contribution in [-0.4, -0.2) is 71.0 Å². The molecule has 0 spiro atoms. The summed E-state index contributed by atoms with van der Waals surface area (Å²) in [5.74, 6) is 0.614. The maximum atomic E-state index is 12.6. The molecule has 1 aromatic heterocycles. The quantitative estimate of drug-likeness (QED) is 0.717. The van der Waals surface area contributed by atoms with Gasteiger partial charge in [-0.3, -0.25) is 0 Å². The molecular weight excluding hydrogens is 370 g/mol. The molecule has 0 unspecified atom stereocenters. The van der Waals surface area contributed by atoms with E-state index in [9.17, 15) is 13.7 Å². The summed E-state index contributed by atoms with van der Waals surface area (Å²) in [6.45, 7) is 1.31. The smallest absolute Gasteiger partial charge is 0.246 e. The van der Waals surface area contributed by atoms with Crippen molar-refractivity contribution in [3.63, 3.8) is 0 Å². The molecule has 0 amide bonds. The van der Waals surface area contributed by atoms with Gasteiger partial charge in [0.25, 0.3) is 0 Å². The van der Waals surface area contributed by atoms with Crippen LogP contribution in [0.3, 0.4) is 0 Å². The predicted molar refractivity (Wildman–Crippen MR) is 101 cm³/mol. The molecule has 0 saturated carbocycles. The molecule has 0 aliphatic carbocycles. The van der Waals surface area contributed by atoms with Gasteiger partial charge in [-0.05, 0) is 32.3 Å². The van der Waals surface area contributed by atoms with Crippen molar-refractivity contribution in [3.8, 4) is 23.3 Å². The van der Waals surface area contributed by atoms with Crippen LogP contribution in [-0.2, 0) is 10.0 Å². The van der Waals surface area contributed by atoms with E-state index >= 15 is 0 Å². The van der Waals surface area contributed by atoms with Crippen LogP contribution in [0.5, 0.6) is 5.75 Å². The lowest BCUT2D eigenvalue weighted by Gasteiger charge is -2.15. The summed E-state index contributed by atoms with van der Waals surface area (Å²) in [5, 5.41) is 12.3. The lowest BCUT2D eigenvalue weighted by atomic mass is 10.2. The number of nitrogens with one attached hydrogen (secondary N) is 1. The van der Waals surface area contributed by atoms with Crippen molar-refractivity contribution in [2.75, 3.05) is 53.7 Å². The van der Waals surface area contributed by atoms with Gasteiger partial charge < -0.3 is 19.4 Å². The molecule has 2 rings (SSSR count). The van der Waals surface area contributed by atoms with Crippen LogP contribution in [0.2, 0.25) is 0 Å². The number of benzene rings is 1. The van der Waals surface area contributed by atoms with Crippen molar-refractivity contribution in [3.05, 3.63) is 23.9 Å². The highest BCUT2D eigenvalue weighted by Crippen LogP contribution is 2.32. The second kappa shape index (κ2) is 8.39. The highest BCUT2D eigenvalue weighted by Gasteiger charge is 2.24. The Bertz CT molecular complexity index is 945. The number of methoxy groups -OCH3 is 1. The number of likely N-dealkylation sites (N-methyl/N-ethyl adjacent to an activating group) is 1. The van der Waals surface area contributed by atoms with Crippen molar-refractivity contribution in [1.82, 2.24) is 14.2 Å². The Morgan fingerprint density at radius 2 is 2.00 bits per heavy atom. The Hall–Kier alpha value is -2.61. The van der Waals surface area contributed by atoms with Gasteiger partial charge in [-0.1, -0.05) is 0 Å². The summed E-state index contributed by atoms with van der Waals surface area (Å²) >= 11 is 0. The minimum atomic E-state index is -3.73. The van der Waals surface area contributed by atoms with E-state index in [2.05, 4.69) is 10.3 Å². The lowest BCUT2D eigenvalue weighted by Crippen LogP contribution is -2.22. The summed E-state index contributed by atoms with van der Waals surface area (Å²) in [7, 11) is 4.41. The third-order valence-electron chi connectivity index (χ3n) is 3.75. The molecule has 2 aromatic rings. The molecule has 1 N–H and O–H groups in total. The first-order chi connectivity index (χ1) is 12.7. The maximum Gasteiger partial charge on any atom is 0.246 e. The van der Waals surface area contributed by atoms with Gasteiger partial charge in [0.1, 0.15) is 16.7 Å². The molecule has 1 aromatic carbocycles. The first-order valence-corrected chi connectivity index (χ1v) is 9.55. The number of sulfonamides is 1. The van der Waals surface area contributed by atoms with Gasteiger partial charge in [-0.2, -0.15) is 10.2 Å². The largest absolute Gasteiger partial charge is 0.495 e. The van der Waals surface area contributed by atoms with E-state index in [-0.39, 0.29) is 28.1 Å². The van der Waals surface area contributed by atoms with Gasteiger partial charge in [0.15, 0.2) is 0 Å². The van der Waals surface area contributed by atoms with Gasteiger partial charge >= 0.3 is 0 Å². The maximum absolute atomic E-state index is 12.6. The van der Waals surface area contributed by atoms with Crippen LogP contribution >= 0.6 is 0 Å². The van der Waals surface area contributed by atoms with Gasteiger partial charge in [0.2, 0.25) is 27.5 Å². The normalized spacial score (nSPS) is 11.6. The molecule has 0 fully saturated rings. The molecule has 9 nitrogen and oxygen atoms in total. The fourth-order valence-electron chi connectivity index (χ4n) is 2.24. The summed E-state index contributed by atoms with van der Waals surface area (Å²) in [6.07, 6.45) is 0. The predicted octanol–water partition coefficient (Wildman–Crippen LogP) is 1.45. The van der Waals surface area contributed by atoms with Gasteiger partial charge in [-0.25, -0.2) is 12.7 Å². The van der Waals surface area contributed by atoms with Crippen molar-refractivity contribution in [2.45, 2.75) is 4.90 Å². The summed E-state index contributed by atoms with van der Waals surface area (Å²) in [6, 6.07) is 6.56. The van der Waals surface area contributed by atoms with Gasteiger partial charge in [0, 0.05) is 32.7 Å². The zero-order chi connectivity index (χ0) is 20.2. The van der Waals surface area contributed by atoms with Crippen molar-refractivity contribution in [1.29, 1.82) is 5.26 Å². The van der Waals surface area contributed by atoms with E-state index < -0.39 is 10.0 Å². The van der Waals surface area contributed by atoms with Crippen LogP contribution in [0.1, 0.15) is 5.69 Å². The van der Waals surface area contributed by atoms with Crippen LogP contribution in [0, 0.1) is 11.3 Å². The van der Waals surface area contributed by atoms with Crippen LogP contribution in [0.4, 0.5) is 5.88 Å².